The second kappa shape index (κ2) is 10.7. The summed E-state index contributed by atoms with van der Waals surface area (Å²) < 4.78 is 26.5. The molecule has 0 spiro atoms. The van der Waals surface area contributed by atoms with Crippen molar-refractivity contribution in [2.24, 2.45) is 5.73 Å². The first-order valence-corrected chi connectivity index (χ1v) is 13.8. The van der Waals surface area contributed by atoms with E-state index in [1.54, 1.807) is 7.11 Å². The molecule has 1 amide bonds. The first kappa shape index (κ1) is 26.7. The lowest BCUT2D eigenvalue weighted by molar-refractivity contribution is -0.0166. The van der Waals surface area contributed by atoms with E-state index in [4.69, 9.17) is 25.9 Å². The summed E-state index contributed by atoms with van der Waals surface area (Å²) in [4.78, 5) is 25.6. The van der Waals surface area contributed by atoms with Crippen LogP contribution >= 0.6 is 11.3 Å². The first-order chi connectivity index (χ1) is 18.1. The molecule has 4 atom stereocenters. The van der Waals surface area contributed by atoms with Crippen LogP contribution in [0.15, 0.2) is 12.1 Å². The molecule has 0 aromatic carbocycles. The van der Waals surface area contributed by atoms with Crippen LogP contribution < -0.4 is 21.7 Å². The molecule has 0 saturated carbocycles. The van der Waals surface area contributed by atoms with Gasteiger partial charge in [0, 0.05) is 54.6 Å². The number of nitrogens with two attached hydrogens (primary N) is 2. The van der Waals surface area contributed by atoms with Crippen molar-refractivity contribution >= 4 is 39.0 Å². The topological polar surface area (TPSA) is 129 Å². The van der Waals surface area contributed by atoms with Gasteiger partial charge in [0.15, 0.2) is 0 Å². The summed E-state index contributed by atoms with van der Waals surface area (Å²) in [6.07, 6.45) is 1.41. The fraction of sp³-hybridized carbons (Fsp3) is 0.519. The molecule has 38 heavy (non-hydrogen) atoms. The maximum Gasteiger partial charge on any atom is 0.263 e. The Morgan fingerprint density at radius 1 is 1.32 bits per heavy atom. The number of amides is 1. The number of anilines is 2. The number of aromatic nitrogens is 2. The van der Waals surface area contributed by atoms with Gasteiger partial charge in [0.05, 0.1) is 30.5 Å². The van der Waals surface area contributed by atoms with Gasteiger partial charge in [0.25, 0.3) is 5.91 Å². The highest BCUT2D eigenvalue weighted by molar-refractivity contribution is 7.21. The molecule has 3 aromatic rings. The first-order valence-electron chi connectivity index (χ1n) is 12.9. The lowest BCUT2D eigenvalue weighted by Gasteiger charge is -2.27. The molecule has 5 N–H and O–H groups in total. The zero-order valence-electron chi connectivity index (χ0n) is 22.2. The Hall–Kier alpha value is -2.86. The predicted octanol–water partition coefficient (Wildman–Crippen LogP) is 2.88. The summed E-state index contributed by atoms with van der Waals surface area (Å²) in [6, 6.07) is 3.03. The third-order valence-corrected chi connectivity index (χ3v) is 8.57. The summed E-state index contributed by atoms with van der Waals surface area (Å²) >= 11 is 1.29. The number of pyridine rings is 2. The van der Waals surface area contributed by atoms with Crippen LogP contribution in [0.3, 0.4) is 0 Å². The number of fused-ring (bicyclic) bond motifs is 2. The minimum absolute atomic E-state index is 0.0238. The number of thiophene rings is 1. The lowest BCUT2D eigenvalue weighted by atomic mass is 9.91. The normalized spacial score (nSPS) is 22.1. The second-order valence-electron chi connectivity index (χ2n) is 10.4. The molecule has 4 heterocycles. The summed E-state index contributed by atoms with van der Waals surface area (Å²) in [5, 5.41) is 3.89. The van der Waals surface area contributed by atoms with Crippen LogP contribution in [0, 0.1) is 19.7 Å². The van der Waals surface area contributed by atoms with Crippen LogP contribution in [0.5, 0.6) is 0 Å². The molecular formula is C27H35FN6O3S. The van der Waals surface area contributed by atoms with Crippen molar-refractivity contribution < 1.29 is 18.7 Å². The zero-order valence-corrected chi connectivity index (χ0v) is 23.0. The van der Waals surface area contributed by atoms with Crippen molar-refractivity contribution in [1.29, 1.82) is 0 Å². The fourth-order valence-corrected chi connectivity index (χ4v) is 6.44. The molecular weight excluding hydrogens is 507 g/mol. The number of hydrogen-bond donors (Lipinski definition) is 3. The molecule has 3 aromatic heterocycles. The molecule has 1 aliphatic carbocycles. The van der Waals surface area contributed by atoms with Crippen molar-refractivity contribution in [2.75, 3.05) is 37.4 Å². The van der Waals surface area contributed by atoms with Gasteiger partial charge in [-0.3, -0.25) is 4.79 Å². The molecule has 0 bridgehead atoms. The van der Waals surface area contributed by atoms with Crippen LogP contribution in [-0.2, 0) is 22.3 Å². The standard InChI is InChI=1S/C27H35FN6O3S/c1-13-7-14(2)31-27-23(13)24(30)25(38-27)26(35)32-16-5-6-20-17(8-16)18(28)9-22(33-20)34-10-19(29)21(11-34)37-12-15(3)36-4/h7,9,15-16,19,21H,5-6,8,10-12,29-30H2,1-4H3,(H,32,35). The smallest absolute Gasteiger partial charge is 0.263 e. The predicted molar refractivity (Wildman–Crippen MR) is 147 cm³/mol. The summed E-state index contributed by atoms with van der Waals surface area (Å²) in [5.74, 6) is 0.00809. The maximum absolute atomic E-state index is 15.3. The van der Waals surface area contributed by atoms with E-state index < -0.39 is 0 Å². The number of nitrogens with zero attached hydrogens (tertiary/aromatic N) is 3. The average Bonchev–Trinajstić information content (AvgIpc) is 3.42. The molecule has 9 nitrogen and oxygen atoms in total. The quantitative estimate of drug-likeness (QED) is 0.416. The molecule has 1 fully saturated rings. The van der Waals surface area contributed by atoms with Gasteiger partial charge in [0.2, 0.25) is 0 Å². The number of nitrogens with one attached hydrogen (secondary N) is 1. The SMILES string of the molecule is COC(C)COC1CN(c2cc(F)c3c(n2)CCC(NC(=O)c2sc4nc(C)cc(C)c4c2N)C3)CC1N. The maximum atomic E-state index is 15.3. The second-order valence-corrected chi connectivity index (χ2v) is 11.4. The average molecular weight is 543 g/mol. The molecule has 1 aliphatic heterocycles. The number of nitrogen functional groups attached to an aromatic ring is 1. The number of halogens is 1. The Labute approximate surface area is 225 Å². The van der Waals surface area contributed by atoms with Gasteiger partial charge in [-0.05, 0) is 51.7 Å². The number of hydrogen-bond acceptors (Lipinski definition) is 9. The Morgan fingerprint density at radius 3 is 2.87 bits per heavy atom. The van der Waals surface area contributed by atoms with E-state index in [-0.39, 0.29) is 36.0 Å². The molecule has 4 unspecified atom stereocenters. The van der Waals surface area contributed by atoms with Crippen molar-refractivity contribution in [3.63, 3.8) is 0 Å². The van der Waals surface area contributed by atoms with Crippen LogP contribution in [0.2, 0.25) is 0 Å². The molecule has 204 valence electrons. The van der Waals surface area contributed by atoms with Crippen LogP contribution in [0.1, 0.15) is 45.5 Å². The van der Waals surface area contributed by atoms with E-state index in [0.717, 1.165) is 27.2 Å². The largest absolute Gasteiger partial charge is 0.397 e. The van der Waals surface area contributed by atoms with Crippen molar-refractivity contribution in [3.8, 4) is 0 Å². The number of methoxy groups -OCH3 is 1. The molecule has 1 saturated heterocycles. The molecule has 11 heteroatoms. The van der Waals surface area contributed by atoms with Gasteiger partial charge < -0.3 is 31.2 Å². The highest BCUT2D eigenvalue weighted by Gasteiger charge is 2.34. The highest BCUT2D eigenvalue weighted by atomic mass is 32.1. The Bertz CT molecular complexity index is 1360. The summed E-state index contributed by atoms with van der Waals surface area (Å²) in [7, 11) is 1.64. The van der Waals surface area contributed by atoms with E-state index in [1.165, 1.54) is 17.4 Å². The number of carbonyl (C=O) groups is 1. The molecule has 0 radical (unpaired) electrons. The van der Waals surface area contributed by atoms with Crippen LogP contribution in [-0.4, -0.2) is 67.0 Å². The van der Waals surface area contributed by atoms with E-state index in [2.05, 4.69) is 10.3 Å². The minimum Gasteiger partial charge on any atom is -0.397 e. The summed E-state index contributed by atoms with van der Waals surface area (Å²) in [5.41, 5.74) is 16.2. The fourth-order valence-electron chi connectivity index (χ4n) is 5.32. The molecule has 2 aliphatic rings. The monoisotopic (exact) mass is 542 g/mol. The van der Waals surface area contributed by atoms with Gasteiger partial charge in [0.1, 0.15) is 21.3 Å². The Kier molecular flexibility index (Phi) is 7.54. The Morgan fingerprint density at radius 2 is 2.11 bits per heavy atom. The van der Waals surface area contributed by atoms with Crippen molar-refractivity contribution in [3.05, 3.63) is 45.3 Å². The van der Waals surface area contributed by atoms with Gasteiger partial charge in [-0.2, -0.15) is 0 Å². The van der Waals surface area contributed by atoms with Gasteiger partial charge >= 0.3 is 0 Å². The van der Waals surface area contributed by atoms with E-state index in [1.807, 2.05) is 31.7 Å². The number of ether oxygens (including phenoxy) is 2. The lowest BCUT2D eigenvalue weighted by Crippen LogP contribution is -2.39. The van der Waals surface area contributed by atoms with Crippen molar-refractivity contribution in [1.82, 2.24) is 15.3 Å². The van der Waals surface area contributed by atoms with Crippen LogP contribution in [0.25, 0.3) is 10.2 Å². The Balaban J connectivity index is 1.27. The van der Waals surface area contributed by atoms with Gasteiger partial charge in [-0.1, -0.05) is 0 Å². The highest BCUT2D eigenvalue weighted by Crippen LogP contribution is 2.35. The van der Waals surface area contributed by atoms with E-state index in [9.17, 15) is 4.79 Å². The number of aryl methyl sites for hydroxylation is 3. The van der Waals surface area contributed by atoms with Crippen LogP contribution in [0.4, 0.5) is 15.9 Å². The number of rotatable bonds is 7. The van der Waals surface area contributed by atoms with E-state index in [0.29, 0.717) is 60.9 Å². The van der Waals surface area contributed by atoms with Gasteiger partial charge in [-0.15, -0.1) is 11.3 Å². The third-order valence-electron chi connectivity index (χ3n) is 7.47. The third kappa shape index (κ3) is 5.20. The molecule has 5 rings (SSSR count). The van der Waals surface area contributed by atoms with Crippen molar-refractivity contribution in [2.45, 2.75) is 64.3 Å². The van der Waals surface area contributed by atoms with E-state index >= 15 is 4.39 Å². The minimum atomic E-state index is -0.313. The summed E-state index contributed by atoms with van der Waals surface area (Å²) in [6.45, 7) is 7.36. The zero-order chi connectivity index (χ0) is 27.1. The van der Waals surface area contributed by atoms with Gasteiger partial charge in [-0.25, -0.2) is 14.4 Å². The number of carbonyl (C=O) groups excluding carboxylic acids is 1.